The summed E-state index contributed by atoms with van der Waals surface area (Å²) in [5, 5.41) is 0.252. The Balaban J connectivity index is 1.70. The van der Waals surface area contributed by atoms with Gasteiger partial charge in [-0.2, -0.15) is 0 Å². The number of aromatic nitrogens is 1. The van der Waals surface area contributed by atoms with E-state index in [1.54, 1.807) is 24.4 Å². The van der Waals surface area contributed by atoms with Crippen LogP contribution in [0.5, 0.6) is 5.75 Å². The number of nitrogens with zero attached hydrogens (tertiary/aromatic N) is 1. The Morgan fingerprint density at radius 3 is 2.17 bits per heavy atom. The summed E-state index contributed by atoms with van der Waals surface area (Å²) < 4.78 is 38.8. The van der Waals surface area contributed by atoms with Crippen LogP contribution in [0.4, 0.5) is 0 Å². The summed E-state index contributed by atoms with van der Waals surface area (Å²) in [7, 11) is 0. The maximum absolute atomic E-state index is 13.1. The Hall–Kier alpha value is -4.78. The number of fused-ring (bicyclic) bond motifs is 1. The first-order chi connectivity index (χ1) is 19.5. The van der Waals surface area contributed by atoms with Crippen molar-refractivity contribution in [1.29, 1.82) is 0 Å². The zero-order chi connectivity index (χ0) is 29.7. The zero-order valence-electron chi connectivity index (χ0n) is 22.6. The lowest BCUT2D eigenvalue weighted by Crippen LogP contribution is -2.63. The molecule has 0 bridgehead atoms. The minimum absolute atomic E-state index is 0.132. The van der Waals surface area contributed by atoms with Gasteiger partial charge in [0, 0.05) is 40.0 Å². The molecule has 13 nitrogen and oxygen atoms in total. The Kier molecular flexibility index (Phi) is 8.97. The molecule has 2 aromatic heterocycles. The maximum Gasteiger partial charge on any atom is 0.303 e. The number of esters is 4. The van der Waals surface area contributed by atoms with Crippen LogP contribution in [0, 0.1) is 0 Å². The highest BCUT2D eigenvalue weighted by molar-refractivity contribution is 5.82. The average Bonchev–Trinajstić information content (AvgIpc) is 2.91. The fourth-order valence-electron chi connectivity index (χ4n) is 4.30. The molecule has 3 heterocycles. The van der Waals surface area contributed by atoms with Gasteiger partial charge in [-0.05, 0) is 24.3 Å². The van der Waals surface area contributed by atoms with Crippen LogP contribution in [0.1, 0.15) is 27.7 Å². The van der Waals surface area contributed by atoms with Crippen molar-refractivity contribution in [3.63, 3.8) is 0 Å². The van der Waals surface area contributed by atoms with Crippen molar-refractivity contribution >= 4 is 34.8 Å². The minimum atomic E-state index is -1.44. The summed E-state index contributed by atoms with van der Waals surface area (Å²) in [6.07, 6.45) is -3.90. The van der Waals surface area contributed by atoms with Crippen LogP contribution >= 0.6 is 0 Å². The van der Waals surface area contributed by atoms with E-state index in [1.807, 2.05) is 0 Å². The topological polar surface area (TPSA) is 167 Å². The molecule has 0 spiro atoms. The van der Waals surface area contributed by atoms with Gasteiger partial charge in [-0.25, -0.2) is 0 Å². The third kappa shape index (κ3) is 7.06. The van der Waals surface area contributed by atoms with Gasteiger partial charge in [0.05, 0.1) is 16.6 Å². The van der Waals surface area contributed by atoms with Gasteiger partial charge in [0.25, 0.3) is 0 Å². The summed E-state index contributed by atoms with van der Waals surface area (Å²) in [5.41, 5.74) is 0.578. The van der Waals surface area contributed by atoms with Crippen molar-refractivity contribution < 1.29 is 52.0 Å². The van der Waals surface area contributed by atoms with Crippen LogP contribution in [0.2, 0.25) is 0 Å². The van der Waals surface area contributed by atoms with Crippen LogP contribution in [0.15, 0.2) is 58.1 Å². The van der Waals surface area contributed by atoms with Crippen LogP contribution in [-0.2, 0) is 42.9 Å². The molecule has 0 amide bonds. The van der Waals surface area contributed by atoms with Gasteiger partial charge in [0.2, 0.25) is 17.8 Å². The maximum atomic E-state index is 13.1. The summed E-state index contributed by atoms with van der Waals surface area (Å²) in [5.74, 6) is -2.80. The molecule has 5 atom stereocenters. The van der Waals surface area contributed by atoms with E-state index < -0.39 is 61.2 Å². The summed E-state index contributed by atoms with van der Waals surface area (Å²) in [4.78, 5) is 64.7. The highest BCUT2D eigenvalue weighted by Gasteiger charge is 2.53. The second kappa shape index (κ2) is 12.6. The lowest BCUT2D eigenvalue weighted by atomic mass is 9.98. The van der Waals surface area contributed by atoms with E-state index in [2.05, 4.69) is 4.98 Å². The molecule has 1 aromatic carbocycles. The Morgan fingerprint density at radius 2 is 1.54 bits per heavy atom. The van der Waals surface area contributed by atoms with Gasteiger partial charge in [-0.15, -0.1) is 0 Å². The largest absolute Gasteiger partial charge is 0.463 e. The highest BCUT2D eigenvalue weighted by atomic mass is 16.7. The molecule has 3 aromatic rings. The average molecular weight is 570 g/mol. The molecule has 1 aliphatic rings. The fourth-order valence-corrected chi connectivity index (χ4v) is 4.30. The zero-order valence-corrected chi connectivity index (χ0v) is 22.6. The van der Waals surface area contributed by atoms with Crippen molar-refractivity contribution in [2.75, 3.05) is 6.61 Å². The quantitative estimate of drug-likeness (QED) is 0.287. The van der Waals surface area contributed by atoms with Crippen LogP contribution < -0.4 is 10.2 Å². The summed E-state index contributed by atoms with van der Waals surface area (Å²) >= 11 is 0. The monoisotopic (exact) mass is 569 g/mol. The third-order valence-corrected chi connectivity index (χ3v) is 5.89. The number of benzene rings is 1. The van der Waals surface area contributed by atoms with E-state index in [-0.39, 0.29) is 27.7 Å². The van der Waals surface area contributed by atoms with Gasteiger partial charge in [0.1, 0.15) is 30.3 Å². The standard InChI is InChI=1S/C28H27NO12/c1-14(30)35-13-23-25(37-15(2)31)26(38-16(3)32)27(39-17(4)33)28(41-23)40-18-8-9-19-22(11-18)36-12-20(24(19)34)21-7-5-6-10-29-21/h5-12,23,25-28H,13H2,1-4H3/t23-,25-,26-,27+,28-/m0/s1. The molecule has 0 aliphatic carbocycles. The lowest BCUT2D eigenvalue weighted by molar-refractivity contribution is -0.288. The van der Waals surface area contributed by atoms with Crippen molar-refractivity contribution in [3.05, 3.63) is 59.1 Å². The molecule has 1 saturated heterocycles. The number of carbonyl (C=O) groups is 4. The molecule has 216 valence electrons. The van der Waals surface area contributed by atoms with E-state index >= 15 is 0 Å². The van der Waals surface area contributed by atoms with Gasteiger partial charge in [-0.3, -0.25) is 29.0 Å². The second-order valence-corrected chi connectivity index (χ2v) is 9.04. The molecule has 0 unspecified atom stereocenters. The third-order valence-electron chi connectivity index (χ3n) is 5.89. The van der Waals surface area contributed by atoms with Gasteiger partial charge >= 0.3 is 23.9 Å². The van der Waals surface area contributed by atoms with Crippen molar-refractivity contribution in [1.82, 2.24) is 4.98 Å². The van der Waals surface area contributed by atoms with Crippen LogP contribution in [-0.4, -0.2) is 66.2 Å². The molecule has 1 aliphatic heterocycles. The molecular formula is C28H27NO12. The molecule has 0 saturated carbocycles. The summed E-state index contributed by atoms with van der Waals surface area (Å²) in [6.45, 7) is 4.13. The number of rotatable bonds is 8. The van der Waals surface area contributed by atoms with E-state index in [4.69, 9.17) is 32.8 Å². The molecule has 4 rings (SSSR count). The number of hydrogen-bond acceptors (Lipinski definition) is 13. The number of pyridine rings is 1. The Bertz CT molecular complexity index is 1500. The molecule has 0 radical (unpaired) electrons. The molecule has 41 heavy (non-hydrogen) atoms. The minimum Gasteiger partial charge on any atom is -0.463 e. The lowest BCUT2D eigenvalue weighted by Gasteiger charge is -2.43. The van der Waals surface area contributed by atoms with Crippen molar-refractivity contribution in [2.45, 2.75) is 58.4 Å². The van der Waals surface area contributed by atoms with E-state index in [9.17, 15) is 24.0 Å². The Labute approximate surface area is 233 Å². The van der Waals surface area contributed by atoms with E-state index in [0.717, 1.165) is 20.8 Å². The number of ether oxygens (including phenoxy) is 6. The second-order valence-electron chi connectivity index (χ2n) is 9.04. The smallest absolute Gasteiger partial charge is 0.303 e. The number of hydrogen-bond donors (Lipinski definition) is 0. The van der Waals surface area contributed by atoms with E-state index in [0.29, 0.717) is 5.69 Å². The predicted octanol–water partition coefficient (Wildman–Crippen LogP) is 2.32. The van der Waals surface area contributed by atoms with Crippen LogP contribution in [0.3, 0.4) is 0 Å². The molecular weight excluding hydrogens is 542 g/mol. The molecule has 0 N–H and O–H groups in total. The van der Waals surface area contributed by atoms with Crippen LogP contribution in [0.25, 0.3) is 22.2 Å². The first-order valence-corrected chi connectivity index (χ1v) is 12.5. The van der Waals surface area contributed by atoms with Gasteiger partial charge in [-0.1, -0.05) is 6.07 Å². The molecule has 1 fully saturated rings. The van der Waals surface area contributed by atoms with Gasteiger partial charge in [0.15, 0.2) is 12.2 Å². The first-order valence-electron chi connectivity index (χ1n) is 12.5. The van der Waals surface area contributed by atoms with Crippen molar-refractivity contribution in [3.8, 4) is 17.0 Å². The fraction of sp³-hybridized carbons (Fsp3) is 0.357. The highest BCUT2D eigenvalue weighted by Crippen LogP contribution is 2.32. The molecule has 13 heteroatoms. The first kappa shape index (κ1) is 29.2. The Morgan fingerprint density at radius 1 is 0.854 bits per heavy atom. The van der Waals surface area contributed by atoms with Crippen molar-refractivity contribution in [2.24, 2.45) is 0 Å². The SMILES string of the molecule is CC(=O)OC[C@@H]1O[C@H](Oc2ccc3c(=O)c(-c4ccccn4)coc3c2)[C@H](OC(C)=O)[C@@H](OC(C)=O)[C@H]1OC(C)=O. The van der Waals surface area contributed by atoms with Gasteiger partial charge < -0.3 is 32.8 Å². The predicted molar refractivity (Wildman–Crippen MR) is 138 cm³/mol. The van der Waals surface area contributed by atoms with E-state index in [1.165, 1.54) is 31.4 Å². The normalized spacial score (nSPS) is 21.9. The number of carbonyl (C=O) groups excluding carboxylic acids is 4. The summed E-state index contributed by atoms with van der Waals surface area (Å²) in [6, 6.07) is 9.52.